The van der Waals surface area contributed by atoms with Gasteiger partial charge in [0.25, 0.3) is 0 Å². The molecule has 0 N–H and O–H groups in total. The first kappa shape index (κ1) is 39.2. The van der Waals surface area contributed by atoms with Gasteiger partial charge < -0.3 is 4.74 Å². The lowest BCUT2D eigenvalue weighted by Gasteiger charge is -2.38. The van der Waals surface area contributed by atoms with E-state index in [1.165, 1.54) is 88.3 Å². The van der Waals surface area contributed by atoms with Gasteiger partial charge >= 0.3 is 0 Å². The number of ether oxygens (including phenoxy) is 1. The summed E-state index contributed by atoms with van der Waals surface area (Å²) in [5, 5.41) is 0. The second-order valence-electron chi connectivity index (χ2n) is 17.1. The average molecular weight is 771 g/mol. The molecular weight excluding hydrogens is 707 g/mol. The van der Waals surface area contributed by atoms with Crippen molar-refractivity contribution in [1.82, 2.24) is 0 Å². The molecule has 0 aliphatic heterocycles. The molecule has 0 bridgehead atoms. The van der Waals surface area contributed by atoms with Crippen LogP contribution in [0.2, 0.25) is 0 Å². The molecule has 0 saturated carbocycles. The van der Waals surface area contributed by atoms with E-state index in [1.807, 2.05) is 0 Å². The van der Waals surface area contributed by atoms with Crippen molar-refractivity contribution in [2.45, 2.75) is 135 Å². The Labute approximate surface area is 313 Å². The van der Waals surface area contributed by atoms with E-state index >= 15 is 0 Å². The van der Waals surface area contributed by atoms with Crippen LogP contribution in [0.3, 0.4) is 0 Å². The number of hydrogen-bond donors (Lipinski definition) is 0. The molecule has 0 unspecified atom stereocenters. The second-order valence-corrected chi connectivity index (χ2v) is 18.2. The van der Waals surface area contributed by atoms with Gasteiger partial charge in [-0.05, 0) is 84.6 Å². The summed E-state index contributed by atoms with van der Waals surface area (Å²) in [6.45, 7) is 21.4. The first-order valence-corrected chi connectivity index (χ1v) is 20.3. The molecule has 4 rings (SSSR count). The van der Waals surface area contributed by atoms with Crippen LogP contribution in [0, 0.1) is 0 Å². The topological polar surface area (TPSA) is 9.23 Å². The van der Waals surface area contributed by atoms with E-state index < -0.39 is 5.41 Å². The Bertz CT molecular complexity index is 1400. The maximum absolute atomic E-state index is 6.31. The Morgan fingerprint density at radius 1 is 0.367 bits per heavy atom. The maximum Gasteiger partial charge on any atom is 0.119 e. The third-order valence-corrected chi connectivity index (χ3v) is 10.9. The molecule has 4 aromatic carbocycles. The first-order valence-electron chi connectivity index (χ1n) is 18.8. The molecular formula is C47H63IO. The third kappa shape index (κ3) is 10.2. The molecule has 0 amide bonds. The van der Waals surface area contributed by atoms with Crippen molar-refractivity contribution in [2.75, 3.05) is 11.0 Å². The fourth-order valence-electron chi connectivity index (χ4n) is 6.91. The van der Waals surface area contributed by atoms with Crippen LogP contribution >= 0.6 is 22.6 Å². The van der Waals surface area contributed by atoms with Crippen LogP contribution in [0.4, 0.5) is 0 Å². The molecule has 0 aliphatic rings. The molecule has 0 atom stereocenters. The molecule has 264 valence electrons. The van der Waals surface area contributed by atoms with Crippen LogP contribution in [-0.4, -0.2) is 11.0 Å². The molecule has 1 nitrogen and oxygen atoms in total. The van der Waals surface area contributed by atoms with Crippen LogP contribution in [0.15, 0.2) is 97.1 Å². The smallest absolute Gasteiger partial charge is 0.119 e. The predicted molar refractivity (Wildman–Crippen MR) is 222 cm³/mol. The fraction of sp³-hybridized carbons (Fsp3) is 0.489. The Morgan fingerprint density at radius 3 is 0.939 bits per heavy atom. The van der Waals surface area contributed by atoms with Gasteiger partial charge in [-0.25, -0.2) is 0 Å². The lowest BCUT2D eigenvalue weighted by molar-refractivity contribution is 0.304. The Morgan fingerprint density at radius 2 is 0.633 bits per heavy atom. The summed E-state index contributed by atoms with van der Waals surface area (Å²) in [7, 11) is 0. The highest BCUT2D eigenvalue weighted by Gasteiger charge is 2.39. The van der Waals surface area contributed by atoms with Crippen LogP contribution in [0.5, 0.6) is 5.75 Å². The van der Waals surface area contributed by atoms with Gasteiger partial charge in [-0.1, -0.05) is 208 Å². The first-order chi connectivity index (χ1) is 23.2. The monoisotopic (exact) mass is 770 g/mol. The van der Waals surface area contributed by atoms with E-state index in [0.717, 1.165) is 18.8 Å². The zero-order chi connectivity index (χ0) is 35.7. The number of alkyl halides is 1. The number of unbranched alkanes of at least 4 members (excludes halogenated alkanes) is 7. The van der Waals surface area contributed by atoms with Gasteiger partial charge in [0, 0.05) is 0 Å². The van der Waals surface area contributed by atoms with Gasteiger partial charge in [-0.2, -0.15) is 0 Å². The lowest BCUT2D eigenvalue weighted by atomic mass is 9.64. The summed E-state index contributed by atoms with van der Waals surface area (Å²) in [4.78, 5) is 0. The van der Waals surface area contributed by atoms with Gasteiger partial charge in [0.1, 0.15) is 5.75 Å². The minimum atomic E-state index is -0.502. The highest BCUT2D eigenvalue weighted by atomic mass is 127. The third-order valence-electron chi connectivity index (χ3n) is 10.1. The number of rotatable bonds is 15. The second kappa shape index (κ2) is 17.1. The van der Waals surface area contributed by atoms with E-state index in [9.17, 15) is 0 Å². The number of benzene rings is 4. The van der Waals surface area contributed by atoms with Crippen molar-refractivity contribution in [3.8, 4) is 5.75 Å². The van der Waals surface area contributed by atoms with Crippen molar-refractivity contribution in [2.24, 2.45) is 0 Å². The van der Waals surface area contributed by atoms with E-state index in [-0.39, 0.29) is 16.2 Å². The molecule has 0 fully saturated rings. The van der Waals surface area contributed by atoms with E-state index in [1.54, 1.807) is 0 Å². The lowest BCUT2D eigenvalue weighted by Crippen LogP contribution is -2.31. The van der Waals surface area contributed by atoms with Gasteiger partial charge in [-0.3, -0.25) is 0 Å². The van der Waals surface area contributed by atoms with Crippen LogP contribution in [0.25, 0.3) is 0 Å². The molecule has 0 saturated heterocycles. The Balaban J connectivity index is 1.72. The zero-order valence-electron chi connectivity index (χ0n) is 32.1. The summed E-state index contributed by atoms with van der Waals surface area (Å²) >= 11 is 2.48. The van der Waals surface area contributed by atoms with Gasteiger partial charge in [-0.15, -0.1) is 0 Å². The quantitative estimate of drug-likeness (QED) is 0.0506. The molecule has 2 heteroatoms. The van der Waals surface area contributed by atoms with E-state index in [4.69, 9.17) is 4.74 Å². The van der Waals surface area contributed by atoms with E-state index in [0.29, 0.717) is 0 Å². The molecule has 0 aromatic heterocycles. The van der Waals surface area contributed by atoms with Crippen molar-refractivity contribution in [3.05, 3.63) is 136 Å². The summed E-state index contributed by atoms with van der Waals surface area (Å²) in [6.07, 6.45) is 10.5. The zero-order valence-corrected chi connectivity index (χ0v) is 34.3. The number of halogens is 1. The van der Waals surface area contributed by atoms with Crippen LogP contribution in [0.1, 0.15) is 153 Å². The van der Waals surface area contributed by atoms with Crippen molar-refractivity contribution < 1.29 is 4.74 Å². The molecule has 4 aromatic rings. The normalized spacial score (nSPS) is 12.7. The van der Waals surface area contributed by atoms with Gasteiger partial charge in [0.2, 0.25) is 0 Å². The van der Waals surface area contributed by atoms with E-state index in [2.05, 4.69) is 182 Å². The SMILES string of the molecule is CC(C)(C)c1ccc(C(c2ccc(OCCCCCCCCCCI)cc2)(c2ccc(C(C)(C)C)cc2)c2ccc(C(C)(C)C)cc2)cc1. The Kier molecular flexibility index (Phi) is 13.7. The predicted octanol–water partition coefficient (Wildman–Crippen LogP) is 13.9. The molecule has 0 spiro atoms. The summed E-state index contributed by atoms with van der Waals surface area (Å²) < 4.78 is 7.60. The summed E-state index contributed by atoms with van der Waals surface area (Å²) in [6, 6.07) is 37.2. The largest absolute Gasteiger partial charge is 0.494 e. The molecule has 0 radical (unpaired) electrons. The highest BCUT2D eigenvalue weighted by Crippen LogP contribution is 2.47. The van der Waals surface area contributed by atoms with Crippen molar-refractivity contribution in [1.29, 1.82) is 0 Å². The fourth-order valence-corrected chi connectivity index (χ4v) is 7.45. The Hall–Kier alpha value is -2.59. The minimum absolute atomic E-state index is 0.0806. The summed E-state index contributed by atoms with van der Waals surface area (Å²) in [5.41, 5.74) is 8.84. The number of hydrogen-bond acceptors (Lipinski definition) is 1. The molecule has 49 heavy (non-hydrogen) atoms. The average Bonchev–Trinajstić information content (AvgIpc) is 3.06. The van der Waals surface area contributed by atoms with Crippen LogP contribution < -0.4 is 4.74 Å². The minimum Gasteiger partial charge on any atom is -0.494 e. The van der Waals surface area contributed by atoms with Crippen LogP contribution in [-0.2, 0) is 21.7 Å². The van der Waals surface area contributed by atoms with Crippen molar-refractivity contribution in [3.63, 3.8) is 0 Å². The van der Waals surface area contributed by atoms with Crippen molar-refractivity contribution >= 4 is 22.6 Å². The molecule has 0 aliphatic carbocycles. The van der Waals surface area contributed by atoms with Gasteiger partial charge in [0.05, 0.1) is 12.0 Å². The molecule has 0 heterocycles. The van der Waals surface area contributed by atoms with Gasteiger partial charge in [0.15, 0.2) is 0 Å². The maximum atomic E-state index is 6.31. The summed E-state index contributed by atoms with van der Waals surface area (Å²) in [5.74, 6) is 0.950. The standard InChI is InChI=1S/C47H63IO/c1-44(2,3)36-18-24-39(25-19-36)47(40-26-20-37(21-27-40)45(4,5)6,41-28-22-38(23-29-41)46(7,8)9)42-30-32-43(33-31-42)49-35-17-15-13-11-10-12-14-16-34-48/h18-33H,10-17,34-35H2,1-9H3. The highest BCUT2D eigenvalue weighted by molar-refractivity contribution is 14.1.